The third-order valence-electron chi connectivity index (χ3n) is 6.45. The lowest BCUT2D eigenvalue weighted by Gasteiger charge is -2.58. The van der Waals surface area contributed by atoms with E-state index in [0.29, 0.717) is 17.7 Å². The first kappa shape index (κ1) is 15.0. The quantitative estimate of drug-likeness (QED) is 0.779. The van der Waals surface area contributed by atoms with Crippen molar-refractivity contribution in [2.24, 2.45) is 5.92 Å². The second-order valence-electron chi connectivity index (χ2n) is 7.36. The number of hydrogen-bond acceptors (Lipinski definition) is 3. The number of phenolic OH excluding ortho intramolecular Hbond substituents is 1. The molecular weight excluding hydrogens is 310 g/mol. The van der Waals surface area contributed by atoms with E-state index in [4.69, 9.17) is 0 Å². The molecule has 1 aromatic heterocycles. The maximum Gasteiger partial charge on any atom is 0.115 e. The fourth-order valence-electron chi connectivity index (χ4n) is 5.33. The lowest BCUT2D eigenvalue weighted by molar-refractivity contribution is 0.0238. The van der Waals surface area contributed by atoms with E-state index in [1.165, 1.54) is 28.8 Å². The average molecular weight is 332 g/mol. The van der Waals surface area contributed by atoms with E-state index in [9.17, 15) is 5.11 Å². The smallest absolute Gasteiger partial charge is 0.115 e. The molecule has 2 aromatic rings. The Morgan fingerprint density at radius 3 is 3.04 bits per heavy atom. The van der Waals surface area contributed by atoms with Gasteiger partial charge in [0, 0.05) is 17.2 Å². The highest BCUT2D eigenvalue weighted by Crippen LogP contribution is 2.54. The first-order chi connectivity index (χ1) is 10.7. The monoisotopic (exact) mass is 331 g/mol. The molecule has 5 rings (SSSR count). The van der Waals surface area contributed by atoms with Crippen LogP contribution in [0.5, 0.6) is 5.75 Å². The summed E-state index contributed by atoms with van der Waals surface area (Å²) in [5.41, 5.74) is 5.68. The Morgan fingerprint density at radius 2 is 2.17 bits per heavy atom. The molecule has 0 radical (unpaired) electrons. The van der Waals surface area contributed by atoms with E-state index in [-0.39, 0.29) is 17.8 Å². The molecule has 1 aliphatic heterocycles. The third-order valence-corrected chi connectivity index (χ3v) is 6.45. The maximum atomic E-state index is 10.0. The highest BCUT2D eigenvalue weighted by atomic mass is 35.5. The van der Waals surface area contributed by atoms with Gasteiger partial charge in [-0.1, -0.05) is 6.07 Å². The standard InChI is InChI=1S/C18H21N3O.ClH/c1-21-5-4-18-9-16-12(10-19-20-16)6-15(18)17(21)7-11-2-3-13(22)8-14(11)18;/h2-3,8,10,15,17,22H,4-7,9H2,1H3,(H,19,20);1H/t15-,17-,18-;/m0./s1. The van der Waals surface area contributed by atoms with Crippen molar-refractivity contribution in [1.29, 1.82) is 0 Å². The lowest BCUT2D eigenvalue weighted by atomic mass is 9.52. The first-order valence-electron chi connectivity index (χ1n) is 8.21. The molecule has 23 heavy (non-hydrogen) atoms. The summed E-state index contributed by atoms with van der Waals surface area (Å²) in [4.78, 5) is 2.55. The zero-order valence-corrected chi connectivity index (χ0v) is 14.1. The molecule has 0 saturated carbocycles. The van der Waals surface area contributed by atoms with Gasteiger partial charge in [-0.05, 0) is 74.0 Å². The topological polar surface area (TPSA) is 52.2 Å². The van der Waals surface area contributed by atoms with Gasteiger partial charge in [0.2, 0.25) is 0 Å². The molecule has 122 valence electrons. The molecule has 1 aromatic carbocycles. The molecule has 0 spiro atoms. The van der Waals surface area contributed by atoms with Gasteiger partial charge < -0.3 is 10.0 Å². The van der Waals surface area contributed by atoms with Crippen molar-refractivity contribution in [2.75, 3.05) is 13.6 Å². The summed E-state index contributed by atoms with van der Waals surface area (Å²) in [6.07, 6.45) is 6.42. The van der Waals surface area contributed by atoms with Crippen LogP contribution in [0.4, 0.5) is 0 Å². The van der Waals surface area contributed by atoms with E-state index in [2.05, 4.69) is 28.2 Å². The second-order valence-corrected chi connectivity index (χ2v) is 7.36. The molecule has 2 aliphatic carbocycles. The van der Waals surface area contributed by atoms with Crippen molar-refractivity contribution in [3.05, 3.63) is 46.8 Å². The third kappa shape index (κ3) is 1.91. The van der Waals surface area contributed by atoms with Gasteiger partial charge in [0.15, 0.2) is 0 Å². The summed E-state index contributed by atoms with van der Waals surface area (Å²) in [6.45, 7) is 1.14. The molecule has 0 amide bonds. The van der Waals surface area contributed by atoms with Gasteiger partial charge in [-0.25, -0.2) is 0 Å². The fourth-order valence-corrected chi connectivity index (χ4v) is 5.33. The van der Waals surface area contributed by atoms with Crippen LogP contribution in [-0.4, -0.2) is 39.8 Å². The summed E-state index contributed by atoms with van der Waals surface area (Å²) >= 11 is 0. The lowest BCUT2D eigenvalue weighted by Crippen LogP contribution is -2.61. The highest BCUT2D eigenvalue weighted by Gasteiger charge is 2.54. The number of hydrogen-bond donors (Lipinski definition) is 2. The predicted octanol–water partition coefficient (Wildman–Crippen LogP) is 2.45. The molecule has 1 fully saturated rings. The van der Waals surface area contributed by atoms with Gasteiger partial charge in [-0.2, -0.15) is 5.10 Å². The van der Waals surface area contributed by atoms with Gasteiger partial charge in [-0.3, -0.25) is 5.10 Å². The Hall–Kier alpha value is -1.52. The summed E-state index contributed by atoms with van der Waals surface area (Å²) in [5, 5.41) is 17.5. The molecule has 1 saturated heterocycles. The zero-order valence-electron chi connectivity index (χ0n) is 13.2. The van der Waals surface area contributed by atoms with Gasteiger partial charge in [0.1, 0.15) is 5.75 Å². The molecule has 2 heterocycles. The fraction of sp³-hybridized carbons (Fsp3) is 0.500. The van der Waals surface area contributed by atoms with Crippen molar-refractivity contribution >= 4 is 12.4 Å². The van der Waals surface area contributed by atoms with Crippen molar-refractivity contribution in [3.63, 3.8) is 0 Å². The SMILES string of the molecule is CN1CC[C@@]23Cc4[nH]ncc4C[C@H]2[C@@H]1Cc1ccc(O)cc13.Cl. The van der Waals surface area contributed by atoms with Crippen LogP contribution < -0.4 is 0 Å². The second kappa shape index (κ2) is 4.99. The molecule has 2 N–H and O–H groups in total. The number of aromatic amines is 1. The Bertz CT molecular complexity index is 758. The highest BCUT2D eigenvalue weighted by molar-refractivity contribution is 5.85. The molecular formula is C18H22ClN3O. The molecule has 2 bridgehead atoms. The van der Waals surface area contributed by atoms with Crippen LogP contribution in [0, 0.1) is 5.92 Å². The van der Waals surface area contributed by atoms with Crippen LogP contribution in [0.2, 0.25) is 0 Å². The van der Waals surface area contributed by atoms with E-state index in [0.717, 1.165) is 25.8 Å². The van der Waals surface area contributed by atoms with Gasteiger partial charge in [-0.15, -0.1) is 12.4 Å². The number of nitrogens with one attached hydrogen (secondary N) is 1. The normalized spacial score (nSPS) is 31.5. The van der Waals surface area contributed by atoms with Crippen LogP contribution in [0.25, 0.3) is 0 Å². The minimum atomic E-state index is 0. The number of likely N-dealkylation sites (tertiary alicyclic amines) is 1. The number of fused-ring (bicyclic) bond motifs is 2. The predicted molar refractivity (Wildman–Crippen MR) is 91.3 cm³/mol. The number of phenols is 1. The number of halogens is 1. The number of nitrogens with zero attached hydrogens (tertiary/aromatic N) is 2. The first-order valence-corrected chi connectivity index (χ1v) is 8.21. The number of likely N-dealkylation sites (N-methyl/N-ethyl adjacent to an activating group) is 1. The van der Waals surface area contributed by atoms with E-state index >= 15 is 0 Å². The van der Waals surface area contributed by atoms with Crippen LogP contribution >= 0.6 is 12.4 Å². The maximum absolute atomic E-state index is 10.0. The summed E-state index contributed by atoms with van der Waals surface area (Å²) in [6, 6.07) is 6.62. The number of benzene rings is 1. The Morgan fingerprint density at radius 1 is 1.30 bits per heavy atom. The van der Waals surface area contributed by atoms with Crippen LogP contribution in [0.1, 0.15) is 28.8 Å². The van der Waals surface area contributed by atoms with Gasteiger partial charge in [0.05, 0.1) is 6.20 Å². The average Bonchev–Trinajstić information content (AvgIpc) is 2.96. The molecule has 4 nitrogen and oxygen atoms in total. The summed E-state index contributed by atoms with van der Waals surface area (Å²) < 4.78 is 0. The van der Waals surface area contributed by atoms with Crippen LogP contribution in [0.3, 0.4) is 0 Å². The molecule has 5 heteroatoms. The summed E-state index contributed by atoms with van der Waals surface area (Å²) in [5.74, 6) is 1.03. The zero-order chi connectivity index (χ0) is 14.9. The number of rotatable bonds is 0. The van der Waals surface area contributed by atoms with Crippen molar-refractivity contribution in [1.82, 2.24) is 15.1 Å². The Kier molecular flexibility index (Phi) is 3.26. The van der Waals surface area contributed by atoms with E-state index in [1.807, 2.05) is 18.3 Å². The van der Waals surface area contributed by atoms with Gasteiger partial charge in [0.25, 0.3) is 0 Å². The summed E-state index contributed by atoms with van der Waals surface area (Å²) in [7, 11) is 2.27. The molecule has 3 aliphatic rings. The minimum Gasteiger partial charge on any atom is -0.508 e. The van der Waals surface area contributed by atoms with E-state index in [1.54, 1.807) is 0 Å². The largest absolute Gasteiger partial charge is 0.508 e. The molecule has 0 unspecified atom stereocenters. The van der Waals surface area contributed by atoms with Crippen molar-refractivity contribution in [3.8, 4) is 5.75 Å². The van der Waals surface area contributed by atoms with E-state index < -0.39 is 0 Å². The Balaban J connectivity index is 0.00000135. The van der Waals surface area contributed by atoms with Crippen molar-refractivity contribution in [2.45, 2.75) is 37.1 Å². The number of aromatic hydroxyl groups is 1. The van der Waals surface area contributed by atoms with Crippen LogP contribution in [0.15, 0.2) is 24.4 Å². The Labute approximate surface area is 142 Å². The van der Waals surface area contributed by atoms with Gasteiger partial charge >= 0.3 is 0 Å². The molecule has 3 atom stereocenters. The van der Waals surface area contributed by atoms with Crippen molar-refractivity contribution < 1.29 is 5.11 Å². The minimum absolute atomic E-state index is 0. The number of piperidine rings is 1. The van der Waals surface area contributed by atoms with Crippen LogP contribution in [-0.2, 0) is 24.7 Å². The number of aromatic nitrogens is 2. The number of H-pyrrole nitrogens is 1.